The van der Waals surface area contributed by atoms with Gasteiger partial charge in [-0.15, -0.1) is 11.3 Å². The van der Waals surface area contributed by atoms with Gasteiger partial charge in [-0.05, 0) is 42.1 Å². The second-order valence-electron chi connectivity index (χ2n) is 4.00. The predicted octanol–water partition coefficient (Wildman–Crippen LogP) is 2.19. The number of nitrogens with zero attached hydrogens (tertiary/aromatic N) is 1. The molecule has 0 saturated carbocycles. The molecule has 2 rings (SSSR count). The number of thiophene rings is 1. The molecule has 1 aromatic heterocycles. The molecule has 0 bridgehead atoms. The van der Waals surface area contributed by atoms with Gasteiger partial charge < -0.3 is 10.2 Å². The molecular weight excluding hydrogens is 232 g/mol. The van der Waals surface area contributed by atoms with Crippen LogP contribution in [0.15, 0.2) is 29.6 Å². The van der Waals surface area contributed by atoms with Crippen LogP contribution >= 0.6 is 11.3 Å². The molecule has 17 heavy (non-hydrogen) atoms. The molecule has 1 amide bonds. The first-order chi connectivity index (χ1) is 8.22. The molecule has 0 fully saturated rings. The summed E-state index contributed by atoms with van der Waals surface area (Å²) in [6.07, 6.45) is 0. The van der Waals surface area contributed by atoms with Crippen LogP contribution in [0.2, 0.25) is 0 Å². The minimum atomic E-state index is 0.0772. The van der Waals surface area contributed by atoms with Gasteiger partial charge in [0, 0.05) is 30.4 Å². The van der Waals surface area contributed by atoms with Gasteiger partial charge in [0.25, 0.3) is 5.91 Å². The first kappa shape index (κ1) is 12.1. The first-order valence-electron chi connectivity index (χ1n) is 5.59. The topological polar surface area (TPSA) is 32.3 Å². The molecule has 0 atom stereocenters. The van der Waals surface area contributed by atoms with E-state index in [1.165, 1.54) is 4.70 Å². The van der Waals surface area contributed by atoms with E-state index in [2.05, 4.69) is 5.32 Å². The van der Waals surface area contributed by atoms with Crippen molar-refractivity contribution in [2.45, 2.75) is 0 Å². The molecular formula is C13H16N2OS. The predicted molar refractivity (Wildman–Crippen MR) is 72.7 cm³/mol. The summed E-state index contributed by atoms with van der Waals surface area (Å²) in [6, 6.07) is 7.92. The standard InChI is InChI=1S/C13H16N2OS/c1-14-6-7-15(2)13(16)11-3-4-12-10(9-11)5-8-17-12/h3-5,8-9,14H,6-7H2,1-2H3. The van der Waals surface area contributed by atoms with Crippen molar-refractivity contribution in [2.24, 2.45) is 0 Å². The molecule has 1 N–H and O–H groups in total. The maximum atomic E-state index is 12.1. The molecule has 0 spiro atoms. The van der Waals surface area contributed by atoms with Gasteiger partial charge in [0.2, 0.25) is 0 Å². The fourth-order valence-electron chi connectivity index (χ4n) is 1.70. The molecule has 1 aromatic carbocycles. The van der Waals surface area contributed by atoms with Crippen molar-refractivity contribution in [3.63, 3.8) is 0 Å². The molecule has 90 valence electrons. The molecule has 0 aliphatic rings. The Morgan fingerprint density at radius 3 is 3.00 bits per heavy atom. The Bertz CT molecular complexity index is 521. The van der Waals surface area contributed by atoms with E-state index < -0.39 is 0 Å². The number of likely N-dealkylation sites (N-methyl/N-ethyl adjacent to an activating group) is 2. The third-order valence-electron chi connectivity index (χ3n) is 2.74. The summed E-state index contributed by atoms with van der Waals surface area (Å²) in [5, 5.41) is 6.23. The molecule has 0 radical (unpaired) electrons. The summed E-state index contributed by atoms with van der Waals surface area (Å²) < 4.78 is 1.22. The number of benzene rings is 1. The number of carbonyl (C=O) groups is 1. The highest BCUT2D eigenvalue weighted by Crippen LogP contribution is 2.22. The van der Waals surface area contributed by atoms with Crippen molar-refractivity contribution in [3.8, 4) is 0 Å². The summed E-state index contributed by atoms with van der Waals surface area (Å²) in [5.74, 6) is 0.0772. The normalized spacial score (nSPS) is 10.7. The lowest BCUT2D eigenvalue weighted by Crippen LogP contribution is -2.32. The Labute approximate surface area is 105 Å². The number of nitrogens with one attached hydrogen (secondary N) is 1. The highest BCUT2D eigenvalue weighted by molar-refractivity contribution is 7.17. The van der Waals surface area contributed by atoms with E-state index >= 15 is 0 Å². The van der Waals surface area contributed by atoms with E-state index in [-0.39, 0.29) is 5.91 Å². The minimum absolute atomic E-state index is 0.0772. The third kappa shape index (κ3) is 2.65. The molecule has 0 aliphatic heterocycles. The highest BCUT2D eigenvalue weighted by Gasteiger charge is 2.11. The van der Waals surface area contributed by atoms with Gasteiger partial charge in [0.1, 0.15) is 0 Å². The summed E-state index contributed by atoms with van der Waals surface area (Å²) in [6.45, 7) is 1.53. The van der Waals surface area contributed by atoms with Gasteiger partial charge in [-0.25, -0.2) is 0 Å². The fraction of sp³-hybridized carbons (Fsp3) is 0.308. The first-order valence-corrected chi connectivity index (χ1v) is 6.47. The van der Waals surface area contributed by atoms with Gasteiger partial charge in [-0.1, -0.05) is 0 Å². The zero-order valence-electron chi connectivity index (χ0n) is 10.1. The summed E-state index contributed by atoms with van der Waals surface area (Å²) in [7, 11) is 3.72. The zero-order valence-corrected chi connectivity index (χ0v) is 10.9. The number of amides is 1. The van der Waals surface area contributed by atoms with Crippen molar-refractivity contribution in [1.29, 1.82) is 0 Å². The summed E-state index contributed by atoms with van der Waals surface area (Å²) >= 11 is 1.70. The Morgan fingerprint density at radius 1 is 1.41 bits per heavy atom. The molecule has 0 aliphatic carbocycles. The number of hydrogen-bond acceptors (Lipinski definition) is 3. The Morgan fingerprint density at radius 2 is 2.24 bits per heavy atom. The SMILES string of the molecule is CNCCN(C)C(=O)c1ccc2sccc2c1. The van der Waals surface area contributed by atoms with E-state index in [0.717, 1.165) is 24.0 Å². The largest absolute Gasteiger partial charge is 0.340 e. The molecule has 2 aromatic rings. The van der Waals surface area contributed by atoms with Crippen LogP contribution in [0.5, 0.6) is 0 Å². The van der Waals surface area contributed by atoms with E-state index in [0.29, 0.717) is 0 Å². The van der Waals surface area contributed by atoms with Gasteiger partial charge in [0.15, 0.2) is 0 Å². The van der Waals surface area contributed by atoms with Crippen molar-refractivity contribution >= 4 is 27.3 Å². The number of rotatable bonds is 4. The van der Waals surface area contributed by atoms with Gasteiger partial charge in [-0.3, -0.25) is 4.79 Å². The Kier molecular flexibility index (Phi) is 3.76. The van der Waals surface area contributed by atoms with Gasteiger partial charge in [0.05, 0.1) is 0 Å². The molecule has 0 unspecified atom stereocenters. The van der Waals surface area contributed by atoms with Gasteiger partial charge >= 0.3 is 0 Å². The maximum absolute atomic E-state index is 12.1. The summed E-state index contributed by atoms with van der Waals surface area (Å²) in [4.78, 5) is 13.9. The zero-order chi connectivity index (χ0) is 12.3. The molecule has 4 heteroatoms. The number of fused-ring (bicyclic) bond motifs is 1. The number of carbonyl (C=O) groups excluding carboxylic acids is 1. The van der Waals surface area contributed by atoms with Crippen LogP contribution < -0.4 is 5.32 Å². The van der Waals surface area contributed by atoms with Crippen LogP contribution in [0.3, 0.4) is 0 Å². The van der Waals surface area contributed by atoms with Crippen LogP contribution in [0.4, 0.5) is 0 Å². The van der Waals surface area contributed by atoms with Crippen molar-refractivity contribution in [1.82, 2.24) is 10.2 Å². The molecule has 3 nitrogen and oxygen atoms in total. The maximum Gasteiger partial charge on any atom is 0.253 e. The quantitative estimate of drug-likeness (QED) is 0.899. The van der Waals surface area contributed by atoms with Crippen LogP contribution in [0.1, 0.15) is 10.4 Å². The second kappa shape index (κ2) is 5.29. The van der Waals surface area contributed by atoms with Crippen molar-refractivity contribution in [3.05, 3.63) is 35.2 Å². The van der Waals surface area contributed by atoms with E-state index in [9.17, 15) is 4.79 Å². The van der Waals surface area contributed by atoms with Crippen molar-refractivity contribution in [2.75, 3.05) is 27.2 Å². The lowest BCUT2D eigenvalue weighted by atomic mass is 10.1. The minimum Gasteiger partial charge on any atom is -0.340 e. The molecule has 1 heterocycles. The second-order valence-corrected chi connectivity index (χ2v) is 4.95. The van der Waals surface area contributed by atoms with E-state index in [4.69, 9.17) is 0 Å². The highest BCUT2D eigenvalue weighted by atomic mass is 32.1. The summed E-state index contributed by atoms with van der Waals surface area (Å²) in [5.41, 5.74) is 0.759. The third-order valence-corrected chi connectivity index (χ3v) is 3.64. The lowest BCUT2D eigenvalue weighted by molar-refractivity contribution is 0.0797. The van der Waals surface area contributed by atoms with Gasteiger partial charge in [-0.2, -0.15) is 0 Å². The van der Waals surface area contributed by atoms with Crippen LogP contribution in [0.25, 0.3) is 10.1 Å². The van der Waals surface area contributed by atoms with E-state index in [1.807, 2.05) is 43.7 Å². The monoisotopic (exact) mass is 248 g/mol. The smallest absolute Gasteiger partial charge is 0.253 e. The van der Waals surface area contributed by atoms with Crippen LogP contribution in [-0.4, -0.2) is 38.0 Å². The average Bonchev–Trinajstić information content (AvgIpc) is 2.81. The van der Waals surface area contributed by atoms with Crippen LogP contribution in [-0.2, 0) is 0 Å². The lowest BCUT2D eigenvalue weighted by Gasteiger charge is -2.16. The fourth-order valence-corrected chi connectivity index (χ4v) is 2.47. The Hall–Kier alpha value is -1.39. The number of hydrogen-bond donors (Lipinski definition) is 1. The van der Waals surface area contributed by atoms with Crippen molar-refractivity contribution < 1.29 is 4.79 Å². The van der Waals surface area contributed by atoms with E-state index in [1.54, 1.807) is 16.2 Å². The molecule has 0 saturated heterocycles. The average molecular weight is 248 g/mol. The van der Waals surface area contributed by atoms with Crippen LogP contribution in [0, 0.1) is 0 Å². The Balaban J connectivity index is 2.17.